The topological polar surface area (TPSA) is 61.0 Å². The summed E-state index contributed by atoms with van der Waals surface area (Å²) in [5.41, 5.74) is 8.42. The lowest BCUT2D eigenvalue weighted by Crippen LogP contribution is -2.02. The molecule has 21 heavy (non-hydrogen) atoms. The smallest absolute Gasteiger partial charge is 0.322 e. The minimum absolute atomic E-state index is 0.307. The van der Waals surface area contributed by atoms with Gasteiger partial charge in [0.05, 0.1) is 5.69 Å². The van der Waals surface area contributed by atoms with Gasteiger partial charge < -0.3 is 10.5 Å². The average Bonchev–Trinajstić information content (AvgIpc) is 2.56. The normalized spacial score (nSPS) is 10.3. The Morgan fingerprint density at radius 3 is 2.48 bits per heavy atom. The first-order valence-electron chi connectivity index (χ1n) is 6.71. The molecule has 0 atom stereocenters. The second kappa shape index (κ2) is 6.15. The number of nitrogens with two attached hydrogens (primary N) is 1. The second-order valence-corrected chi connectivity index (χ2v) is 4.50. The Balaban J connectivity index is 1.96. The summed E-state index contributed by atoms with van der Waals surface area (Å²) in [6.07, 6.45) is 1.65. The molecule has 0 unspecified atom stereocenters. The lowest BCUT2D eigenvalue weighted by Gasteiger charge is -2.10. The quantitative estimate of drug-likeness (QED) is 0.794. The van der Waals surface area contributed by atoms with E-state index in [-0.39, 0.29) is 0 Å². The Hall–Kier alpha value is -2.72. The van der Waals surface area contributed by atoms with Crippen LogP contribution in [-0.2, 0) is 6.54 Å². The number of aromatic nitrogens is 2. The molecular weight excluding hydrogens is 262 g/mol. The molecule has 104 valence electrons. The van der Waals surface area contributed by atoms with Crippen LogP contribution < -0.4 is 10.5 Å². The zero-order chi connectivity index (χ0) is 14.5. The van der Waals surface area contributed by atoms with Crippen LogP contribution in [0.2, 0.25) is 0 Å². The van der Waals surface area contributed by atoms with Crippen molar-refractivity contribution in [1.29, 1.82) is 0 Å². The first kappa shape index (κ1) is 13.3. The molecular formula is C17H15N3O. The summed E-state index contributed by atoms with van der Waals surface area (Å²) < 4.78 is 5.83. The van der Waals surface area contributed by atoms with E-state index in [9.17, 15) is 0 Å². The Morgan fingerprint density at radius 2 is 1.67 bits per heavy atom. The Bertz CT molecular complexity index is 729. The van der Waals surface area contributed by atoms with Crippen LogP contribution >= 0.6 is 0 Å². The van der Waals surface area contributed by atoms with E-state index >= 15 is 0 Å². The average molecular weight is 277 g/mol. The maximum absolute atomic E-state index is 5.83. The predicted molar refractivity (Wildman–Crippen MR) is 81.9 cm³/mol. The van der Waals surface area contributed by atoms with Gasteiger partial charge in [-0.3, -0.25) is 0 Å². The van der Waals surface area contributed by atoms with Crippen LogP contribution in [0.5, 0.6) is 11.8 Å². The summed E-state index contributed by atoms with van der Waals surface area (Å²) in [6, 6.07) is 20.0. The maximum atomic E-state index is 5.83. The molecule has 0 aliphatic carbocycles. The van der Waals surface area contributed by atoms with Crippen molar-refractivity contribution < 1.29 is 4.74 Å². The zero-order valence-corrected chi connectivity index (χ0v) is 11.4. The first-order valence-corrected chi connectivity index (χ1v) is 6.71. The van der Waals surface area contributed by atoms with Crippen molar-refractivity contribution in [1.82, 2.24) is 9.97 Å². The number of benzene rings is 2. The van der Waals surface area contributed by atoms with Gasteiger partial charge in [-0.2, -0.15) is 4.98 Å². The summed E-state index contributed by atoms with van der Waals surface area (Å²) in [6.45, 7) is 0.360. The highest BCUT2D eigenvalue weighted by molar-refractivity contribution is 5.70. The third-order valence-corrected chi connectivity index (χ3v) is 3.07. The van der Waals surface area contributed by atoms with E-state index in [0.717, 1.165) is 22.6 Å². The molecule has 4 heteroatoms. The minimum Gasteiger partial charge on any atom is -0.424 e. The van der Waals surface area contributed by atoms with Crippen molar-refractivity contribution in [2.45, 2.75) is 6.54 Å². The molecule has 1 heterocycles. The van der Waals surface area contributed by atoms with Gasteiger partial charge in [-0.05, 0) is 17.7 Å². The van der Waals surface area contributed by atoms with Crippen LogP contribution in [0.1, 0.15) is 5.69 Å². The molecule has 0 amide bonds. The fraction of sp³-hybridized carbons (Fsp3) is 0.0588. The fourth-order valence-electron chi connectivity index (χ4n) is 2.05. The van der Waals surface area contributed by atoms with Gasteiger partial charge in [-0.15, -0.1) is 0 Å². The number of hydrogen-bond donors (Lipinski definition) is 1. The van der Waals surface area contributed by atoms with E-state index in [1.54, 1.807) is 12.3 Å². The molecule has 1 aromatic heterocycles. The fourth-order valence-corrected chi connectivity index (χ4v) is 2.05. The van der Waals surface area contributed by atoms with Crippen molar-refractivity contribution in [3.8, 4) is 22.9 Å². The van der Waals surface area contributed by atoms with Gasteiger partial charge in [0.2, 0.25) is 0 Å². The molecule has 0 aliphatic rings. The van der Waals surface area contributed by atoms with Crippen molar-refractivity contribution in [3.05, 3.63) is 72.6 Å². The summed E-state index contributed by atoms with van der Waals surface area (Å²) >= 11 is 0. The largest absolute Gasteiger partial charge is 0.424 e. The number of ether oxygens (including phenoxy) is 1. The van der Waals surface area contributed by atoms with E-state index in [1.165, 1.54) is 0 Å². The Morgan fingerprint density at radius 1 is 0.905 bits per heavy atom. The first-order chi connectivity index (χ1) is 10.4. The van der Waals surface area contributed by atoms with Gasteiger partial charge in [0, 0.05) is 18.3 Å². The molecule has 0 spiro atoms. The predicted octanol–water partition coefficient (Wildman–Crippen LogP) is 3.39. The van der Waals surface area contributed by atoms with E-state index in [2.05, 4.69) is 9.97 Å². The van der Waals surface area contributed by atoms with Gasteiger partial charge in [0.1, 0.15) is 5.75 Å². The third kappa shape index (κ3) is 3.07. The molecule has 4 nitrogen and oxygen atoms in total. The van der Waals surface area contributed by atoms with E-state index in [4.69, 9.17) is 10.5 Å². The summed E-state index contributed by atoms with van der Waals surface area (Å²) in [5.74, 6) is 0.720. The van der Waals surface area contributed by atoms with Crippen LogP contribution in [0.15, 0.2) is 66.9 Å². The van der Waals surface area contributed by atoms with Crippen molar-refractivity contribution >= 4 is 0 Å². The maximum Gasteiger partial charge on any atom is 0.322 e. The number of rotatable bonds is 4. The highest BCUT2D eigenvalue weighted by Crippen LogP contribution is 2.31. The second-order valence-electron chi connectivity index (χ2n) is 4.50. The molecule has 0 radical (unpaired) electrons. The standard InChI is InChI=1S/C17H15N3O/c18-12-14-10-11-19-17(20-14)21-16-9-5-4-8-15(16)13-6-2-1-3-7-13/h1-11H,12,18H2. The zero-order valence-electron chi connectivity index (χ0n) is 11.4. The highest BCUT2D eigenvalue weighted by atomic mass is 16.5. The van der Waals surface area contributed by atoms with Gasteiger partial charge >= 0.3 is 6.01 Å². The van der Waals surface area contributed by atoms with Gasteiger partial charge in [0.15, 0.2) is 0 Å². The van der Waals surface area contributed by atoms with Gasteiger partial charge in [-0.1, -0.05) is 48.5 Å². The molecule has 0 bridgehead atoms. The number of para-hydroxylation sites is 1. The summed E-state index contributed by atoms with van der Waals surface area (Å²) in [7, 11) is 0. The summed E-state index contributed by atoms with van der Waals surface area (Å²) in [4.78, 5) is 8.39. The monoisotopic (exact) mass is 277 g/mol. The summed E-state index contributed by atoms with van der Waals surface area (Å²) in [5, 5.41) is 0. The molecule has 0 saturated heterocycles. The van der Waals surface area contributed by atoms with Crippen molar-refractivity contribution in [3.63, 3.8) is 0 Å². The van der Waals surface area contributed by atoms with E-state index < -0.39 is 0 Å². The van der Waals surface area contributed by atoms with Gasteiger partial charge in [-0.25, -0.2) is 4.98 Å². The van der Waals surface area contributed by atoms with Crippen LogP contribution in [0.4, 0.5) is 0 Å². The lowest BCUT2D eigenvalue weighted by molar-refractivity contribution is 0.441. The van der Waals surface area contributed by atoms with Crippen LogP contribution in [-0.4, -0.2) is 9.97 Å². The molecule has 3 rings (SSSR count). The van der Waals surface area contributed by atoms with Crippen LogP contribution in [0, 0.1) is 0 Å². The number of hydrogen-bond acceptors (Lipinski definition) is 4. The molecule has 2 aromatic carbocycles. The highest BCUT2D eigenvalue weighted by Gasteiger charge is 2.08. The van der Waals surface area contributed by atoms with Crippen molar-refractivity contribution in [2.75, 3.05) is 0 Å². The van der Waals surface area contributed by atoms with Crippen LogP contribution in [0.25, 0.3) is 11.1 Å². The molecule has 0 fully saturated rings. The lowest BCUT2D eigenvalue weighted by atomic mass is 10.1. The number of nitrogens with zero attached hydrogens (tertiary/aromatic N) is 2. The van der Waals surface area contributed by atoms with Gasteiger partial charge in [0.25, 0.3) is 0 Å². The minimum atomic E-state index is 0.307. The molecule has 3 aromatic rings. The SMILES string of the molecule is NCc1ccnc(Oc2ccccc2-c2ccccc2)n1. The van der Waals surface area contributed by atoms with Crippen molar-refractivity contribution in [2.24, 2.45) is 5.73 Å². The molecule has 2 N–H and O–H groups in total. The molecule has 0 aliphatic heterocycles. The molecule has 0 saturated carbocycles. The Kier molecular flexibility index (Phi) is 3.89. The van der Waals surface area contributed by atoms with E-state index in [0.29, 0.717) is 12.6 Å². The van der Waals surface area contributed by atoms with E-state index in [1.807, 2.05) is 54.6 Å². The Labute approximate surface area is 123 Å². The van der Waals surface area contributed by atoms with Crippen LogP contribution in [0.3, 0.4) is 0 Å². The third-order valence-electron chi connectivity index (χ3n) is 3.07.